The minimum atomic E-state index is 0.0117. The Hall–Kier alpha value is -2.20. The van der Waals surface area contributed by atoms with Crippen LogP contribution < -0.4 is 0 Å². The van der Waals surface area contributed by atoms with E-state index in [0.29, 0.717) is 5.56 Å². The maximum atomic E-state index is 12.3. The van der Waals surface area contributed by atoms with E-state index < -0.39 is 0 Å². The Labute approximate surface area is 108 Å². The van der Waals surface area contributed by atoms with Crippen LogP contribution in [0.3, 0.4) is 0 Å². The van der Waals surface area contributed by atoms with Gasteiger partial charge in [-0.05, 0) is 11.4 Å². The standard InChI is InChI=1S/C14H10N2OS/c17-14(12-7-4-8-18-12)11-9-15-16-13(11)10-5-2-1-3-6-10/h1-9H,(H,15,16). The number of carbonyl (C=O) groups excluding carboxylic acids is 1. The summed E-state index contributed by atoms with van der Waals surface area (Å²) in [6.07, 6.45) is 1.59. The van der Waals surface area contributed by atoms with Crippen molar-refractivity contribution in [2.45, 2.75) is 0 Å². The van der Waals surface area contributed by atoms with E-state index in [2.05, 4.69) is 10.2 Å². The lowest BCUT2D eigenvalue weighted by Crippen LogP contribution is -1.99. The summed E-state index contributed by atoms with van der Waals surface area (Å²) in [4.78, 5) is 13.0. The van der Waals surface area contributed by atoms with Crippen molar-refractivity contribution in [1.29, 1.82) is 0 Å². The van der Waals surface area contributed by atoms with Gasteiger partial charge in [-0.1, -0.05) is 36.4 Å². The van der Waals surface area contributed by atoms with Gasteiger partial charge in [-0.3, -0.25) is 9.89 Å². The molecule has 0 fully saturated rings. The summed E-state index contributed by atoms with van der Waals surface area (Å²) in [6, 6.07) is 13.4. The zero-order valence-corrected chi connectivity index (χ0v) is 10.3. The summed E-state index contributed by atoms with van der Waals surface area (Å²) in [5.41, 5.74) is 2.35. The van der Waals surface area contributed by atoms with Crippen molar-refractivity contribution >= 4 is 17.1 Å². The van der Waals surface area contributed by atoms with Gasteiger partial charge in [0.05, 0.1) is 22.3 Å². The molecule has 0 unspecified atom stereocenters. The molecule has 0 atom stereocenters. The second-order valence-electron chi connectivity index (χ2n) is 3.83. The summed E-state index contributed by atoms with van der Waals surface area (Å²) >= 11 is 1.44. The van der Waals surface area contributed by atoms with Crippen LogP contribution in [0, 0.1) is 0 Å². The first-order chi connectivity index (χ1) is 8.86. The number of hydrogen-bond donors (Lipinski definition) is 1. The minimum Gasteiger partial charge on any atom is -0.288 e. The molecule has 18 heavy (non-hydrogen) atoms. The lowest BCUT2D eigenvalue weighted by molar-refractivity contribution is 0.104. The van der Waals surface area contributed by atoms with Crippen LogP contribution in [-0.4, -0.2) is 16.0 Å². The van der Waals surface area contributed by atoms with E-state index in [4.69, 9.17) is 0 Å². The van der Waals surface area contributed by atoms with E-state index in [1.165, 1.54) is 11.3 Å². The van der Waals surface area contributed by atoms with Gasteiger partial charge in [0, 0.05) is 5.56 Å². The molecule has 1 aromatic carbocycles. The molecule has 0 amide bonds. The topological polar surface area (TPSA) is 45.8 Å². The number of ketones is 1. The molecule has 3 rings (SSSR count). The predicted octanol–water partition coefficient (Wildman–Crippen LogP) is 3.37. The second kappa shape index (κ2) is 4.58. The SMILES string of the molecule is O=C(c1cccs1)c1cn[nH]c1-c1ccccc1. The number of aromatic nitrogens is 2. The van der Waals surface area contributed by atoms with Crippen LogP contribution in [0.1, 0.15) is 15.2 Å². The molecule has 0 spiro atoms. The number of nitrogens with one attached hydrogen (secondary N) is 1. The summed E-state index contributed by atoms with van der Waals surface area (Å²) in [5, 5.41) is 8.79. The van der Waals surface area contributed by atoms with Crippen molar-refractivity contribution in [3.8, 4) is 11.3 Å². The summed E-state index contributed by atoms with van der Waals surface area (Å²) in [7, 11) is 0. The largest absolute Gasteiger partial charge is 0.288 e. The lowest BCUT2D eigenvalue weighted by atomic mass is 10.0. The van der Waals surface area contributed by atoms with Crippen LogP contribution in [0.15, 0.2) is 54.0 Å². The maximum absolute atomic E-state index is 12.3. The zero-order chi connectivity index (χ0) is 12.4. The molecule has 0 saturated carbocycles. The molecule has 88 valence electrons. The number of aromatic amines is 1. The second-order valence-corrected chi connectivity index (χ2v) is 4.78. The van der Waals surface area contributed by atoms with Crippen LogP contribution in [0.25, 0.3) is 11.3 Å². The van der Waals surface area contributed by atoms with Crippen molar-refractivity contribution in [2.24, 2.45) is 0 Å². The highest BCUT2D eigenvalue weighted by Crippen LogP contribution is 2.24. The third kappa shape index (κ3) is 1.87. The van der Waals surface area contributed by atoms with Gasteiger partial charge in [0.25, 0.3) is 0 Å². The highest BCUT2D eigenvalue weighted by atomic mass is 32.1. The van der Waals surface area contributed by atoms with Gasteiger partial charge < -0.3 is 0 Å². The number of nitrogens with zero attached hydrogens (tertiary/aromatic N) is 1. The highest BCUT2D eigenvalue weighted by molar-refractivity contribution is 7.12. The molecule has 0 aliphatic carbocycles. The Bertz CT molecular complexity index is 656. The van der Waals surface area contributed by atoms with Gasteiger partial charge in [0.1, 0.15) is 0 Å². The molecule has 4 heteroatoms. The van der Waals surface area contributed by atoms with Gasteiger partial charge in [-0.2, -0.15) is 5.10 Å². The first-order valence-electron chi connectivity index (χ1n) is 5.53. The average Bonchev–Trinajstić information content (AvgIpc) is 3.10. The Kier molecular flexibility index (Phi) is 2.78. The van der Waals surface area contributed by atoms with Gasteiger partial charge in [-0.25, -0.2) is 0 Å². The quantitative estimate of drug-likeness (QED) is 0.728. The lowest BCUT2D eigenvalue weighted by Gasteiger charge is -2.01. The normalized spacial score (nSPS) is 10.4. The zero-order valence-electron chi connectivity index (χ0n) is 9.46. The first-order valence-corrected chi connectivity index (χ1v) is 6.41. The monoisotopic (exact) mass is 254 g/mol. The summed E-state index contributed by atoms with van der Waals surface area (Å²) in [5.74, 6) is 0.0117. The first kappa shape index (κ1) is 10.9. The van der Waals surface area contributed by atoms with Crippen LogP contribution in [0.4, 0.5) is 0 Å². The van der Waals surface area contributed by atoms with Crippen LogP contribution in [0.5, 0.6) is 0 Å². The van der Waals surface area contributed by atoms with Gasteiger partial charge in [-0.15, -0.1) is 11.3 Å². The molecule has 3 nitrogen and oxygen atoms in total. The van der Waals surface area contributed by atoms with Crippen molar-refractivity contribution in [2.75, 3.05) is 0 Å². The highest BCUT2D eigenvalue weighted by Gasteiger charge is 2.17. The number of carbonyl (C=O) groups is 1. The van der Waals surface area contributed by atoms with Gasteiger partial charge >= 0.3 is 0 Å². The molecular formula is C14H10N2OS. The van der Waals surface area contributed by atoms with E-state index in [9.17, 15) is 4.79 Å². The number of benzene rings is 1. The predicted molar refractivity (Wildman–Crippen MR) is 71.8 cm³/mol. The minimum absolute atomic E-state index is 0.0117. The summed E-state index contributed by atoms with van der Waals surface area (Å²) < 4.78 is 0. The van der Waals surface area contributed by atoms with Crippen molar-refractivity contribution in [3.63, 3.8) is 0 Å². The fourth-order valence-corrected chi connectivity index (χ4v) is 2.50. The molecule has 0 bridgehead atoms. The van der Waals surface area contributed by atoms with Crippen molar-refractivity contribution < 1.29 is 4.79 Å². The number of hydrogen-bond acceptors (Lipinski definition) is 3. The Morgan fingerprint density at radius 1 is 1.11 bits per heavy atom. The smallest absolute Gasteiger partial charge is 0.206 e. The van der Waals surface area contributed by atoms with Crippen LogP contribution in [-0.2, 0) is 0 Å². The third-order valence-electron chi connectivity index (χ3n) is 2.69. The number of H-pyrrole nitrogens is 1. The van der Waals surface area contributed by atoms with E-state index in [0.717, 1.165) is 16.1 Å². The Morgan fingerprint density at radius 2 is 1.94 bits per heavy atom. The van der Waals surface area contributed by atoms with E-state index in [1.54, 1.807) is 6.20 Å². The van der Waals surface area contributed by atoms with Gasteiger partial charge in [0.15, 0.2) is 0 Å². The van der Waals surface area contributed by atoms with E-state index in [-0.39, 0.29) is 5.78 Å². The molecule has 0 aliphatic heterocycles. The van der Waals surface area contributed by atoms with Crippen LogP contribution in [0.2, 0.25) is 0 Å². The fraction of sp³-hybridized carbons (Fsp3) is 0. The Balaban J connectivity index is 2.05. The molecule has 0 radical (unpaired) electrons. The van der Waals surface area contributed by atoms with E-state index in [1.807, 2.05) is 47.8 Å². The molecule has 2 heterocycles. The number of rotatable bonds is 3. The van der Waals surface area contributed by atoms with Crippen molar-refractivity contribution in [1.82, 2.24) is 10.2 Å². The molecule has 3 aromatic rings. The molecule has 1 N–H and O–H groups in total. The van der Waals surface area contributed by atoms with Gasteiger partial charge in [0.2, 0.25) is 5.78 Å². The summed E-state index contributed by atoms with van der Waals surface area (Å²) in [6.45, 7) is 0. The molecule has 2 aromatic heterocycles. The van der Waals surface area contributed by atoms with E-state index >= 15 is 0 Å². The maximum Gasteiger partial charge on any atom is 0.206 e. The van der Waals surface area contributed by atoms with Crippen molar-refractivity contribution in [3.05, 3.63) is 64.5 Å². The molecule has 0 aliphatic rings. The molecular weight excluding hydrogens is 244 g/mol. The van der Waals surface area contributed by atoms with Crippen LogP contribution >= 0.6 is 11.3 Å². The third-order valence-corrected chi connectivity index (χ3v) is 3.56. The molecule has 0 saturated heterocycles. The number of thiophene rings is 1. The average molecular weight is 254 g/mol. The fourth-order valence-electron chi connectivity index (χ4n) is 1.82. The Morgan fingerprint density at radius 3 is 2.67 bits per heavy atom.